The Bertz CT molecular complexity index is 925. The highest BCUT2D eigenvalue weighted by molar-refractivity contribution is 7.93. The summed E-state index contributed by atoms with van der Waals surface area (Å²) in [6.07, 6.45) is 7.05. The molecule has 0 spiro atoms. The molecule has 3 aliphatic rings. The maximum atomic E-state index is 13.1. The van der Waals surface area contributed by atoms with Crippen molar-refractivity contribution in [1.82, 2.24) is 20.2 Å². The molecule has 3 aliphatic heterocycles. The van der Waals surface area contributed by atoms with Crippen LogP contribution in [0.5, 0.6) is 0 Å². The molecule has 0 radical (unpaired) electrons. The van der Waals surface area contributed by atoms with Crippen LogP contribution in [-0.2, 0) is 29.3 Å². The molecule has 12 heteroatoms. The van der Waals surface area contributed by atoms with Crippen LogP contribution in [0.25, 0.3) is 0 Å². The Balaban J connectivity index is 1.64. The smallest absolute Gasteiger partial charge is 0.245 e. The van der Waals surface area contributed by atoms with Gasteiger partial charge in [-0.3, -0.25) is 14.4 Å². The Morgan fingerprint density at radius 2 is 2.20 bits per heavy atom. The van der Waals surface area contributed by atoms with E-state index in [1.165, 1.54) is 23.4 Å². The molecule has 11 nitrogen and oxygen atoms in total. The van der Waals surface area contributed by atoms with Crippen molar-refractivity contribution < 1.29 is 27.7 Å². The van der Waals surface area contributed by atoms with Gasteiger partial charge in [-0.05, 0) is 31.4 Å². The number of amides is 2. The van der Waals surface area contributed by atoms with Gasteiger partial charge in [0, 0.05) is 25.1 Å². The number of carbonyl (C=O) groups is 3. The third kappa shape index (κ3) is 4.71. The number of fused-ring (bicyclic) bond motifs is 1. The Labute approximate surface area is 174 Å². The second-order valence-corrected chi connectivity index (χ2v) is 9.25. The van der Waals surface area contributed by atoms with E-state index >= 15 is 0 Å². The zero-order chi connectivity index (χ0) is 21.9. The molecule has 0 aromatic heterocycles. The largest absolute Gasteiger partial charge is 0.369 e. The minimum atomic E-state index is -3.95. The van der Waals surface area contributed by atoms with Crippen LogP contribution < -0.4 is 16.5 Å². The van der Waals surface area contributed by atoms with E-state index in [9.17, 15) is 22.8 Å². The predicted molar refractivity (Wildman–Crippen MR) is 106 cm³/mol. The molecule has 0 aliphatic carbocycles. The van der Waals surface area contributed by atoms with E-state index in [1.807, 2.05) is 0 Å². The van der Waals surface area contributed by atoms with E-state index in [0.717, 1.165) is 4.31 Å². The summed E-state index contributed by atoms with van der Waals surface area (Å²) in [5.74, 6) is -1.68. The second kappa shape index (κ2) is 8.98. The molecule has 0 aromatic carbocycles. The van der Waals surface area contributed by atoms with Crippen molar-refractivity contribution in [2.45, 2.75) is 38.6 Å². The number of hydroxylamine groups is 3. The third-order valence-electron chi connectivity index (χ3n) is 5.17. The number of ketones is 1. The Hall–Kier alpha value is -2.70. The van der Waals surface area contributed by atoms with E-state index < -0.39 is 27.9 Å². The van der Waals surface area contributed by atoms with Crippen molar-refractivity contribution in [2.24, 2.45) is 11.7 Å². The highest BCUT2D eigenvalue weighted by Crippen LogP contribution is 2.30. The zero-order valence-electron chi connectivity index (χ0n) is 16.5. The van der Waals surface area contributed by atoms with E-state index in [-0.39, 0.29) is 42.5 Å². The van der Waals surface area contributed by atoms with Gasteiger partial charge in [-0.2, -0.15) is 9.24 Å². The number of hydrogen-bond acceptors (Lipinski definition) is 8. The molecule has 1 saturated heterocycles. The van der Waals surface area contributed by atoms with Crippen LogP contribution in [0.2, 0.25) is 0 Å². The lowest BCUT2D eigenvalue weighted by Crippen LogP contribution is -2.44. The highest BCUT2D eigenvalue weighted by Gasteiger charge is 2.37. The number of nitrogens with zero attached hydrogens (tertiary/aromatic N) is 2. The van der Waals surface area contributed by atoms with Crippen LogP contribution in [0.1, 0.15) is 32.6 Å². The number of carbonyl (C=O) groups excluding carboxylic acids is 3. The fourth-order valence-electron chi connectivity index (χ4n) is 3.30. The zero-order valence-corrected chi connectivity index (χ0v) is 17.4. The highest BCUT2D eigenvalue weighted by atomic mass is 32.2. The van der Waals surface area contributed by atoms with Crippen LogP contribution in [-0.4, -0.2) is 54.5 Å². The monoisotopic (exact) mass is 439 g/mol. The summed E-state index contributed by atoms with van der Waals surface area (Å²) in [6, 6.07) is -0.769. The first-order chi connectivity index (χ1) is 14.2. The molecule has 0 saturated carbocycles. The summed E-state index contributed by atoms with van der Waals surface area (Å²) in [5, 5.41) is 3.93. The second-order valence-electron chi connectivity index (χ2n) is 7.35. The lowest BCUT2D eigenvalue weighted by Gasteiger charge is -2.25. The molecule has 0 bridgehead atoms. The first-order valence-corrected chi connectivity index (χ1v) is 11.1. The predicted octanol–water partition coefficient (Wildman–Crippen LogP) is -0.628. The number of Topliss-reactive ketones (excluding diaryl/α,β-unsaturated/α-hetero) is 1. The molecule has 0 aromatic rings. The minimum absolute atomic E-state index is 0.0192. The van der Waals surface area contributed by atoms with Gasteiger partial charge in [0.15, 0.2) is 5.78 Å². The number of rotatable bonds is 7. The van der Waals surface area contributed by atoms with Gasteiger partial charge in [0.1, 0.15) is 10.6 Å². The molecule has 2 amide bonds. The first kappa shape index (κ1) is 22.0. The van der Waals surface area contributed by atoms with Crippen molar-refractivity contribution in [2.75, 3.05) is 13.1 Å². The van der Waals surface area contributed by atoms with Crippen molar-refractivity contribution in [3.63, 3.8) is 0 Å². The molecule has 3 rings (SSSR count). The maximum absolute atomic E-state index is 13.1. The van der Waals surface area contributed by atoms with Gasteiger partial charge in [0.05, 0.1) is 18.8 Å². The summed E-state index contributed by atoms with van der Waals surface area (Å²) in [6.45, 7) is 1.45. The summed E-state index contributed by atoms with van der Waals surface area (Å²) >= 11 is 0. The summed E-state index contributed by atoms with van der Waals surface area (Å²) in [4.78, 5) is 41.0. The van der Waals surface area contributed by atoms with Crippen molar-refractivity contribution >= 4 is 27.6 Å². The average Bonchev–Trinajstić information content (AvgIpc) is 3.10. The van der Waals surface area contributed by atoms with Crippen LogP contribution in [0.4, 0.5) is 0 Å². The number of primary amides is 1. The third-order valence-corrected chi connectivity index (χ3v) is 7.06. The van der Waals surface area contributed by atoms with Crippen LogP contribution in [0.3, 0.4) is 0 Å². The van der Waals surface area contributed by atoms with Gasteiger partial charge >= 0.3 is 0 Å². The molecule has 2 atom stereocenters. The topological polar surface area (TPSA) is 151 Å². The van der Waals surface area contributed by atoms with Crippen LogP contribution >= 0.6 is 0 Å². The quantitative estimate of drug-likeness (QED) is 0.474. The van der Waals surface area contributed by atoms with E-state index in [4.69, 9.17) is 10.7 Å². The minimum Gasteiger partial charge on any atom is -0.369 e. The molecule has 30 heavy (non-hydrogen) atoms. The Kier molecular flexibility index (Phi) is 6.58. The molecular formula is C18H25N5O6S. The van der Waals surface area contributed by atoms with Gasteiger partial charge in [-0.1, -0.05) is 6.92 Å². The van der Waals surface area contributed by atoms with Gasteiger partial charge in [-0.15, -0.1) is 0 Å². The van der Waals surface area contributed by atoms with E-state index in [0.29, 0.717) is 18.5 Å². The number of nitrogens with two attached hydrogens (primary N) is 1. The van der Waals surface area contributed by atoms with Crippen molar-refractivity contribution in [3.05, 3.63) is 35.2 Å². The lowest BCUT2D eigenvalue weighted by molar-refractivity contribution is -0.128. The maximum Gasteiger partial charge on any atom is 0.245 e. The first-order valence-electron chi connectivity index (χ1n) is 9.62. The summed E-state index contributed by atoms with van der Waals surface area (Å²) in [5.41, 5.74) is 8.00. The summed E-state index contributed by atoms with van der Waals surface area (Å²) < 4.78 is 27.4. The lowest BCUT2D eigenvalue weighted by atomic mass is 10.0. The Morgan fingerprint density at radius 1 is 1.43 bits per heavy atom. The van der Waals surface area contributed by atoms with Crippen LogP contribution in [0.15, 0.2) is 35.2 Å². The fourth-order valence-corrected chi connectivity index (χ4v) is 4.91. The van der Waals surface area contributed by atoms with Gasteiger partial charge < -0.3 is 11.1 Å². The average molecular weight is 439 g/mol. The molecular weight excluding hydrogens is 414 g/mol. The van der Waals surface area contributed by atoms with Crippen molar-refractivity contribution in [3.8, 4) is 0 Å². The summed E-state index contributed by atoms with van der Waals surface area (Å²) in [7, 11) is -3.95. The number of nitrogens with one attached hydrogen (secondary N) is 2. The number of allylic oxidation sites excluding steroid dienone is 2. The van der Waals surface area contributed by atoms with Crippen LogP contribution in [0, 0.1) is 5.92 Å². The van der Waals surface area contributed by atoms with E-state index in [1.54, 1.807) is 13.1 Å². The van der Waals surface area contributed by atoms with Gasteiger partial charge in [-0.25, -0.2) is 19.0 Å². The fraction of sp³-hybridized carbons (Fsp3) is 0.500. The van der Waals surface area contributed by atoms with Gasteiger partial charge in [0.25, 0.3) is 0 Å². The normalized spacial score (nSPS) is 23.0. The van der Waals surface area contributed by atoms with Gasteiger partial charge in [0.2, 0.25) is 21.8 Å². The SMILES string of the molecule is CC(CCC(=O)N[C@H]1CCCN(S(=O)(=O)C2=CC=CN3ONC=C23)CC1=O)C(N)=O. The molecule has 1 unspecified atom stereocenters. The Morgan fingerprint density at radius 3 is 2.93 bits per heavy atom. The molecule has 3 heterocycles. The van der Waals surface area contributed by atoms with E-state index in [2.05, 4.69) is 10.8 Å². The molecule has 1 fully saturated rings. The number of hydrogen-bond donors (Lipinski definition) is 3. The molecule has 164 valence electrons. The standard InChI is InChI=1S/C18H25N5O6S/c1-12(18(19)26)6-7-17(25)21-13-4-2-8-22(11-15(13)24)30(27,28)16-5-3-9-23-14(16)10-20-29-23/h3,5,9-10,12-13,20H,2,4,6-8,11H2,1H3,(H2,19,26)(H,21,25)/t12?,13-/m0/s1. The molecule has 4 N–H and O–H groups in total. The number of sulfonamides is 1. The van der Waals surface area contributed by atoms with Crippen molar-refractivity contribution in [1.29, 1.82) is 0 Å².